The molecule has 0 saturated carbocycles. The average Bonchev–Trinajstić information content (AvgIpc) is 3.27. The van der Waals surface area contributed by atoms with Crippen LogP contribution in [0.2, 0.25) is 5.02 Å². The van der Waals surface area contributed by atoms with Crippen LogP contribution in [0.3, 0.4) is 0 Å². The van der Waals surface area contributed by atoms with Gasteiger partial charge < -0.3 is 19.9 Å². The Bertz CT molecular complexity index is 1280. The molecule has 2 amide bonds. The fourth-order valence-electron chi connectivity index (χ4n) is 7.06. The summed E-state index contributed by atoms with van der Waals surface area (Å²) in [7, 11) is 0. The van der Waals surface area contributed by atoms with E-state index in [1.165, 1.54) is 12.8 Å². The summed E-state index contributed by atoms with van der Waals surface area (Å²) in [5, 5.41) is 12.9. The number of piperazine rings is 1. The third kappa shape index (κ3) is 6.23. The SMILES string of the molecule is N#Cc1ccc(OC2C[C@H]3CC[C@@H](C2)N3C(=O)c2ccc(C(=O)N3CCN(CC4CCNCC4)CC3)cc2)cc1Cl. The van der Waals surface area contributed by atoms with E-state index in [1.807, 2.05) is 34.1 Å². The van der Waals surface area contributed by atoms with Gasteiger partial charge in [0, 0.05) is 74.8 Å². The number of amides is 2. The quantitative estimate of drug-likeness (QED) is 0.556. The molecule has 4 saturated heterocycles. The Balaban J connectivity index is 1.02. The molecule has 0 aromatic heterocycles. The van der Waals surface area contributed by atoms with E-state index in [1.54, 1.807) is 18.2 Å². The van der Waals surface area contributed by atoms with Crippen molar-refractivity contribution in [2.75, 3.05) is 45.8 Å². The van der Waals surface area contributed by atoms with Gasteiger partial charge >= 0.3 is 0 Å². The van der Waals surface area contributed by atoms with Gasteiger partial charge in [0.2, 0.25) is 0 Å². The Morgan fingerprint density at radius 3 is 2.15 bits per heavy atom. The van der Waals surface area contributed by atoms with E-state index in [2.05, 4.69) is 16.3 Å². The Kier molecular flexibility index (Phi) is 8.47. The number of ether oxygens (including phenoxy) is 1. The lowest BCUT2D eigenvalue weighted by Crippen LogP contribution is -2.50. The standard InChI is InChI=1S/C32H38ClN5O3/c33-30-19-28(8-5-25(30)20-34)41-29-17-26-6-7-27(18-29)38(26)32(40)24-3-1-23(2-4-24)31(39)37-15-13-36(14-16-37)21-22-9-11-35-12-10-22/h1-5,8,19,22,26-27,29,35H,6-7,9-18,21H2/t26-,27+,29?. The van der Waals surface area contributed by atoms with Gasteiger partial charge in [-0.2, -0.15) is 5.26 Å². The molecule has 2 bridgehead atoms. The number of carbonyl (C=O) groups is 2. The maximum Gasteiger partial charge on any atom is 0.254 e. The molecular weight excluding hydrogens is 538 g/mol. The van der Waals surface area contributed by atoms with Gasteiger partial charge in [0.1, 0.15) is 17.9 Å². The molecule has 6 rings (SSSR count). The number of piperidine rings is 2. The molecule has 216 valence electrons. The van der Waals surface area contributed by atoms with Gasteiger partial charge in [0.25, 0.3) is 11.8 Å². The van der Waals surface area contributed by atoms with Crippen LogP contribution in [0.25, 0.3) is 0 Å². The Hall–Kier alpha value is -3.12. The van der Waals surface area contributed by atoms with Crippen molar-refractivity contribution in [1.29, 1.82) is 5.26 Å². The van der Waals surface area contributed by atoms with E-state index in [9.17, 15) is 9.59 Å². The highest BCUT2D eigenvalue weighted by Gasteiger charge is 2.44. The van der Waals surface area contributed by atoms with Gasteiger partial charge in [-0.1, -0.05) is 11.6 Å². The Labute approximate surface area is 247 Å². The molecule has 1 N–H and O–H groups in total. The van der Waals surface area contributed by atoms with Crippen LogP contribution in [0, 0.1) is 17.2 Å². The number of nitrogens with zero attached hydrogens (tertiary/aromatic N) is 4. The molecule has 2 aromatic rings. The summed E-state index contributed by atoms with van der Waals surface area (Å²) in [6.07, 6.45) is 5.94. The third-order valence-electron chi connectivity index (χ3n) is 9.30. The summed E-state index contributed by atoms with van der Waals surface area (Å²) >= 11 is 6.18. The summed E-state index contributed by atoms with van der Waals surface area (Å²) < 4.78 is 6.21. The van der Waals surface area contributed by atoms with Crippen molar-refractivity contribution in [1.82, 2.24) is 20.0 Å². The van der Waals surface area contributed by atoms with E-state index in [0.29, 0.717) is 27.5 Å². The lowest BCUT2D eigenvalue weighted by molar-refractivity contribution is 0.0358. The molecule has 2 aromatic carbocycles. The number of hydrogen-bond donors (Lipinski definition) is 1. The van der Waals surface area contributed by atoms with Gasteiger partial charge in [-0.15, -0.1) is 0 Å². The zero-order valence-electron chi connectivity index (χ0n) is 23.4. The van der Waals surface area contributed by atoms with Crippen LogP contribution in [-0.2, 0) is 0 Å². The minimum atomic E-state index is 0.000639. The van der Waals surface area contributed by atoms with Gasteiger partial charge in [-0.05, 0) is 81.1 Å². The largest absolute Gasteiger partial charge is 0.490 e. The molecule has 4 fully saturated rings. The van der Waals surface area contributed by atoms with Crippen molar-refractivity contribution in [3.8, 4) is 11.8 Å². The first-order valence-corrected chi connectivity index (χ1v) is 15.4. The smallest absolute Gasteiger partial charge is 0.254 e. The molecule has 4 aliphatic rings. The average molecular weight is 576 g/mol. The molecule has 3 atom stereocenters. The van der Waals surface area contributed by atoms with Gasteiger partial charge in [-0.3, -0.25) is 14.5 Å². The summed E-state index contributed by atoms with van der Waals surface area (Å²) in [5.74, 6) is 1.50. The van der Waals surface area contributed by atoms with Crippen LogP contribution in [0.4, 0.5) is 0 Å². The second-order valence-electron chi connectivity index (χ2n) is 11.9. The highest BCUT2D eigenvalue weighted by Crippen LogP contribution is 2.38. The number of carbonyl (C=O) groups excluding carboxylic acids is 2. The first-order chi connectivity index (χ1) is 20.0. The maximum absolute atomic E-state index is 13.6. The lowest BCUT2D eigenvalue weighted by atomic mass is 9.97. The van der Waals surface area contributed by atoms with Crippen LogP contribution < -0.4 is 10.1 Å². The molecule has 0 radical (unpaired) electrons. The minimum absolute atomic E-state index is 0.000639. The van der Waals surface area contributed by atoms with E-state index >= 15 is 0 Å². The summed E-state index contributed by atoms with van der Waals surface area (Å²) in [4.78, 5) is 33.2. The van der Waals surface area contributed by atoms with Crippen LogP contribution in [0.15, 0.2) is 42.5 Å². The number of fused-ring (bicyclic) bond motifs is 2. The van der Waals surface area contributed by atoms with Crippen molar-refractivity contribution < 1.29 is 14.3 Å². The monoisotopic (exact) mass is 575 g/mol. The molecule has 0 aliphatic carbocycles. The number of halogens is 1. The molecule has 1 unspecified atom stereocenters. The predicted octanol–water partition coefficient (Wildman–Crippen LogP) is 4.18. The fraction of sp³-hybridized carbons (Fsp3) is 0.531. The molecule has 9 heteroatoms. The van der Waals surface area contributed by atoms with Crippen molar-refractivity contribution in [3.05, 3.63) is 64.2 Å². The molecule has 8 nitrogen and oxygen atoms in total. The van der Waals surface area contributed by atoms with Crippen molar-refractivity contribution in [2.24, 2.45) is 5.92 Å². The second kappa shape index (κ2) is 12.4. The number of rotatable bonds is 6. The van der Waals surface area contributed by atoms with Crippen molar-refractivity contribution in [2.45, 2.75) is 56.7 Å². The molecule has 4 aliphatic heterocycles. The third-order valence-corrected chi connectivity index (χ3v) is 9.61. The van der Waals surface area contributed by atoms with Crippen molar-refractivity contribution in [3.63, 3.8) is 0 Å². The Morgan fingerprint density at radius 2 is 1.54 bits per heavy atom. The highest BCUT2D eigenvalue weighted by molar-refractivity contribution is 6.31. The number of nitrogens with one attached hydrogen (secondary N) is 1. The normalized spacial score (nSPS) is 25.1. The van der Waals surface area contributed by atoms with E-state index in [0.717, 1.165) is 77.4 Å². The van der Waals surface area contributed by atoms with Gasteiger partial charge in [0.15, 0.2) is 0 Å². The molecular formula is C32H38ClN5O3. The molecule has 4 heterocycles. The number of nitriles is 1. The summed E-state index contributed by atoms with van der Waals surface area (Å²) in [6, 6.07) is 14.7. The number of hydrogen-bond acceptors (Lipinski definition) is 6. The number of benzene rings is 2. The van der Waals surface area contributed by atoms with E-state index in [-0.39, 0.29) is 30.0 Å². The Morgan fingerprint density at radius 1 is 0.902 bits per heavy atom. The van der Waals surface area contributed by atoms with Crippen LogP contribution >= 0.6 is 11.6 Å². The van der Waals surface area contributed by atoms with Crippen LogP contribution in [0.5, 0.6) is 5.75 Å². The second-order valence-corrected chi connectivity index (χ2v) is 12.3. The van der Waals surface area contributed by atoms with E-state index < -0.39 is 0 Å². The summed E-state index contributed by atoms with van der Waals surface area (Å²) in [5.41, 5.74) is 1.70. The van der Waals surface area contributed by atoms with Crippen molar-refractivity contribution >= 4 is 23.4 Å². The zero-order valence-corrected chi connectivity index (χ0v) is 24.2. The highest BCUT2D eigenvalue weighted by atomic mass is 35.5. The first-order valence-electron chi connectivity index (χ1n) is 15.0. The zero-order chi connectivity index (χ0) is 28.3. The lowest BCUT2D eigenvalue weighted by Gasteiger charge is -2.39. The molecule has 41 heavy (non-hydrogen) atoms. The summed E-state index contributed by atoms with van der Waals surface area (Å²) in [6.45, 7) is 6.71. The van der Waals surface area contributed by atoms with E-state index in [4.69, 9.17) is 21.6 Å². The first kappa shape index (κ1) is 28.0. The van der Waals surface area contributed by atoms with Crippen LogP contribution in [0.1, 0.15) is 64.8 Å². The topological polar surface area (TPSA) is 88.9 Å². The van der Waals surface area contributed by atoms with Crippen LogP contribution in [-0.4, -0.2) is 90.5 Å². The van der Waals surface area contributed by atoms with Gasteiger partial charge in [0.05, 0.1) is 10.6 Å². The fourth-order valence-corrected chi connectivity index (χ4v) is 7.27. The maximum atomic E-state index is 13.6. The minimum Gasteiger partial charge on any atom is -0.490 e. The predicted molar refractivity (Wildman–Crippen MR) is 157 cm³/mol. The van der Waals surface area contributed by atoms with Gasteiger partial charge in [-0.25, -0.2) is 0 Å². The molecule has 0 spiro atoms.